The van der Waals surface area contributed by atoms with Gasteiger partial charge in [-0.2, -0.15) is 0 Å². The number of anilines is 1. The summed E-state index contributed by atoms with van der Waals surface area (Å²) in [6.45, 7) is 4.28. The average molecular weight is 270 g/mol. The van der Waals surface area contributed by atoms with Crippen LogP contribution in [0.5, 0.6) is 0 Å². The van der Waals surface area contributed by atoms with Crippen molar-refractivity contribution in [1.29, 1.82) is 0 Å². The summed E-state index contributed by atoms with van der Waals surface area (Å²) < 4.78 is 0. The highest BCUT2D eigenvalue weighted by molar-refractivity contribution is 7.16. The van der Waals surface area contributed by atoms with Gasteiger partial charge in [0.15, 0.2) is 0 Å². The minimum absolute atomic E-state index is 0.0502. The topological polar surface area (TPSA) is 41.5 Å². The number of carbonyl (C=O) groups excluding carboxylic acids is 1. The fourth-order valence-corrected chi connectivity index (χ4v) is 3.15. The van der Waals surface area contributed by atoms with Gasteiger partial charge >= 0.3 is 0 Å². The van der Waals surface area contributed by atoms with Crippen molar-refractivity contribution in [1.82, 2.24) is 0 Å². The molecule has 0 aliphatic carbocycles. The van der Waals surface area contributed by atoms with Gasteiger partial charge < -0.3 is 5.32 Å². The molecule has 96 valence electrons. The molecule has 1 aromatic carbocycles. The van der Waals surface area contributed by atoms with Gasteiger partial charge in [-0.1, -0.05) is 23.8 Å². The van der Waals surface area contributed by atoms with Crippen LogP contribution in [0.3, 0.4) is 0 Å². The molecule has 2 aromatic rings. The molecule has 1 aliphatic rings. The van der Waals surface area contributed by atoms with Gasteiger partial charge in [0.1, 0.15) is 11.5 Å². The van der Waals surface area contributed by atoms with Crippen LogP contribution in [-0.2, 0) is 4.79 Å². The highest BCUT2D eigenvalue weighted by Gasteiger charge is 2.20. The fraction of sp³-hybridized carbons (Fsp3) is 0.200. The maximum Gasteiger partial charge on any atom is 0.246 e. The third-order valence-electron chi connectivity index (χ3n) is 3.04. The van der Waals surface area contributed by atoms with E-state index in [9.17, 15) is 4.79 Å². The van der Waals surface area contributed by atoms with E-state index in [0.717, 1.165) is 21.8 Å². The Kier molecular flexibility index (Phi) is 2.95. The lowest BCUT2D eigenvalue weighted by molar-refractivity contribution is -0.114. The Balaban J connectivity index is 2.17. The van der Waals surface area contributed by atoms with Crippen molar-refractivity contribution in [2.45, 2.75) is 13.8 Å². The van der Waals surface area contributed by atoms with Crippen LogP contribution >= 0.6 is 11.3 Å². The van der Waals surface area contributed by atoms with Crippen molar-refractivity contribution in [3.63, 3.8) is 0 Å². The number of hydrogen-bond acceptors (Lipinski definition) is 3. The Labute approximate surface area is 116 Å². The van der Waals surface area contributed by atoms with Crippen molar-refractivity contribution < 1.29 is 4.79 Å². The summed E-state index contributed by atoms with van der Waals surface area (Å²) in [5.74, 6) is -0.0502. The molecule has 1 N–H and O–H groups in total. The van der Waals surface area contributed by atoms with E-state index >= 15 is 0 Å². The van der Waals surface area contributed by atoms with Gasteiger partial charge in [-0.3, -0.25) is 9.79 Å². The molecule has 0 bridgehead atoms. The zero-order valence-corrected chi connectivity index (χ0v) is 11.7. The van der Waals surface area contributed by atoms with Crippen LogP contribution in [0.2, 0.25) is 0 Å². The highest BCUT2D eigenvalue weighted by atomic mass is 32.1. The quantitative estimate of drug-likeness (QED) is 0.849. The Morgan fingerprint density at radius 2 is 2.11 bits per heavy atom. The van der Waals surface area contributed by atoms with E-state index in [4.69, 9.17) is 0 Å². The summed E-state index contributed by atoms with van der Waals surface area (Å²) in [5.41, 5.74) is 4.19. The largest absolute Gasteiger partial charge is 0.316 e. The maximum atomic E-state index is 11.7. The third kappa shape index (κ3) is 2.31. The first-order valence-corrected chi connectivity index (χ1v) is 6.97. The van der Waals surface area contributed by atoms with Gasteiger partial charge in [-0.05, 0) is 26.0 Å². The number of amides is 1. The summed E-state index contributed by atoms with van der Waals surface area (Å²) in [5, 5.41) is 3.83. The Morgan fingerprint density at radius 1 is 1.26 bits per heavy atom. The second-order valence-corrected chi connectivity index (χ2v) is 5.94. The van der Waals surface area contributed by atoms with E-state index in [1.54, 1.807) is 11.3 Å². The summed E-state index contributed by atoms with van der Waals surface area (Å²) in [6.07, 6.45) is 0. The highest BCUT2D eigenvalue weighted by Crippen LogP contribution is 2.31. The van der Waals surface area contributed by atoms with Crippen LogP contribution in [0.1, 0.15) is 21.6 Å². The van der Waals surface area contributed by atoms with E-state index < -0.39 is 0 Å². The number of thiophene rings is 1. The standard InChI is InChI=1S/C15H14N2OS/c1-9-4-3-5-11(6-9)14-12-7-10(2)19-15(12)17-13(18)8-16-14/h3-7H,8H2,1-2H3,(H,17,18). The van der Waals surface area contributed by atoms with E-state index in [1.165, 1.54) is 10.4 Å². The molecule has 19 heavy (non-hydrogen) atoms. The monoisotopic (exact) mass is 270 g/mol. The first-order valence-electron chi connectivity index (χ1n) is 6.15. The van der Waals surface area contributed by atoms with E-state index in [0.29, 0.717) is 0 Å². The van der Waals surface area contributed by atoms with Gasteiger partial charge in [0.2, 0.25) is 5.91 Å². The molecule has 3 nitrogen and oxygen atoms in total. The number of carbonyl (C=O) groups is 1. The van der Waals surface area contributed by atoms with Crippen LogP contribution < -0.4 is 5.32 Å². The molecule has 4 heteroatoms. The van der Waals surface area contributed by atoms with Gasteiger partial charge in [0.05, 0.1) is 5.71 Å². The molecular weight excluding hydrogens is 256 g/mol. The lowest BCUT2D eigenvalue weighted by atomic mass is 10.0. The average Bonchev–Trinajstić information content (AvgIpc) is 2.63. The molecule has 1 aliphatic heterocycles. The number of aliphatic imine (C=N–C) groups is 1. The number of hydrogen-bond donors (Lipinski definition) is 1. The zero-order valence-electron chi connectivity index (χ0n) is 10.9. The predicted octanol–water partition coefficient (Wildman–Crippen LogP) is 3.15. The first-order chi connectivity index (χ1) is 9.13. The van der Waals surface area contributed by atoms with Crippen molar-refractivity contribution in [3.05, 3.63) is 51.9 Å². The van der Waals surface area contributed by atoms with Crippen LogP contribution in [0.4, 0.5) is 5.00 Å². The van der Waals surface area contributed by atoms with Gasteiger partial charge in [-0.25, -0.2) is 0 Å². The van der Waals surface area contributed by atoms with Gasteiger partial charge in [-0.15, -0.1) is 11.3 Å². The summed E-state index contributed by atoms with van der Waals surface area (Å²) in [6, 6.07) is 10.3. The molecule has 0 unspecified atom stereocenters. The Morgan fingerprint density at radius 3 is 2.89 bits per heavy atom. The van der Waals surface area contributed by atoms with Crippen LogP contribution in [-0.4, -0.2) is 18.2 Å². The molecule has 2 heterocycles. The molecule has 3 rings (SSSR count). The number of fused-ring (bicyclic) bond motifs is 1. The first kappa shape index (κ1) is 12.1. The molecule has 1 aromatic heterocycles. The van der Waals surface area contributed by atoms with Crippen molar-refractivity contribution >= 4 is 28.0 Å². The number of aryl methyl sites for hydroxylation is 2. The van der Waals surface area contributed by atoms with E-state index in [-0.39, 0.29) is 12.5 Å². The second-order valence-electron chi connectivity index (χ2n) is 4.68. The van der Waals surface area contributed by atoms with Crippen molar-refractivity contribution in [2.24, 2.45) is 4.99 Å². The smallest absolute Gasteiger partial charge is 0.246 e. The predicted molar refractivity (Wildman–Crippen MR) is 79.4 cm³/mol. The number of benzene rings is 1. The Bertz CT molecular complexity index is 685. The van der Waals surface area contributed by atoms with Crippen molar-refractivity contribution in [2.75, 3.05) is 11.9 Å². The van der Waals surface area contributed by atoms with Crippen molar-refractivity contribution in [3.8, 4) is 0 Å². The lowest BCUT2D eigenvalue weighted by Gasteiger charge is -2.06. The van der Waals surface area contributed by atoms with Gasteiger partial charge in [0.25, 0.3) is 0 Å². The Hall–Kier alpha value is -1.94. The molecule has 0 saturated carbocycles. The SMILES string of the molecule is Cc1cccc(C2=NCC(=O)Nc3sc(C)cc32)c1. The zero-order chi connectivity index (χ0) is 13.4. The number of nitrogens with zero attached hydrogens (tertiary/aromatic N) is 1. The molecular formula is C15H14N2OS. The summed E-state index contributed by atoms with van der Waals surface area (Å²) >= 11 is 1.60. The molecule has 0 radical (unpaired) electrons. The van der Waals surface area contributed by atoms with Crippen LogP contribution in [0.15, 0.2) is 35.3 Å². The lowest BCUT2D eigenvalue weighted by Crippen LogP contribution is -2.12. The fourth-order valence-electron chi connectivity index (χ4n) is 2.22. The molecule has 0 spiro atoms. The minimum Gasteiger partial charge on any atom is -0.316 e. The van der Waals surface area contributed by atoms with Crippen LogP contribution in [0.25, 0.3) is 0 Å². The number of nitrogens with one attached hydrogen (secondary N) is 1. The van der Waals surface area contributed by atoms with Crippen LogP contribution in [0, 0.1) is 13.8 Å². The maximum absolute atomic E-state index is 11.7. The van der Waals surface area contributed by atoms with E-state index in [2.05, 4.69) is 35.4 Å². The summed E-state index contributed by atoms with van der Waals surface area (Å²) in [7, 11) is 0. The second kappa shape index (κ2) is 4.63. The summed E-state index contributed by atoms with van der Waals surface area (Å²) in [4.78, 5) is 17.3. The molecule has 0 saturated heterocycles. The normalized spacial score (nSPS) is 14.4. The molecule has 0 atom stereocenters. The number of rotatable bonds is 1. The molecule has 1 amide bonds. The third-order valence-corrected chi connectivity index (χ3v) is 4.00. The molecule has 0 fully saturated rings. The van der Waals surface area contributed by atoms with E-state index in [1.807, 2.05) is 19.1 Å². The minimum atomic E-state index is -0.0502. The van der Waals surface area contributed by atoms with Gasteiger partial charge in [0, 0.05) is 16.0 Å².